The molecule has 0 aromatic carbocycles. The molecular formula is C7H9BrN2O. The van der Waals surface area contributed by atoms with Gasteiger partial charge in [-0.05, 0) is 22.0 Å². The third kappa shape index (κ3) is 2.25. The van der Waals surface area contributed by atoms with Gasteiger partial charge in [0.2, 0.25) is 0 Å². The molecule has 0 aliphatic heterocycles. The van der Waals surface area contributed by atoms with Crippen molar-refractivity contribution in [1.82, 2.24) is 4.98 Å². The molecule has 1 rings (SSSR count). The maximum Gasteiger partial charge on any atom is 0.106 e. The number of hydrogen-bond donors (Lipinski definition) is 2. The van der Waals surface area contributed by atoms with Crippen molar-refractivity contribution >= 4 is 15.9 Å². The summed E-state index contributed by atoms with van der Waals surface area (Å²) in [6, 6.07) is 3.56. The van der Waals surface area contributed by atoms with E-state index in [-0.39, 0.29) is 6.54 Å². The molecule has 1 atom stereocenters. The van der Waals surface area contributed by atoms with E-state index >= 15 is 0 Å². The number of halogens is 1. The van der Waals surface area contributed by atoms with Gasteiger partial charge in [-0.25, -0.2) is 4.98 Å². The van der Waals surface area contributed by atoms with Gasteiger partial charge >= 0.3 is 0 Å². The second-order valence-corrected chi connectivity index (χ2v) is 2.98. The molecule has 0 spiro atoms. The van der Waals surface area contributed by atoms with Crippen molar-refractivity contribution in [3.05, 3.63) is 28.5 Å². The molecule has 1 aromatic rings. The Balaban J connectivity index is 2.81. The van der Waals surface area contributed by atoms with Crippen LogP contribution in [0.2, 0.25) is 0 Å². The highest BCUT2D eigenvalue weighted by atomic mass is 79.9. The predicted octanol–water partition coefficient (Wildman–Crippen LogP) is 0.836. The monoisotopic (exact) mass is 216 g/mol. The largest absolute Gasteiger partial charge is 0.387 e. The maximum atomic E-state index is 9.24. The molecule has 0 bridgehead atoms. The highest BCUT2D eigenvalue weighted by molar-refractivity contribution is 9.10. The Kier molecular flexibility index (Phi) is 2.99. The molecule has 60 valence electrons. The van der Waals surface area contributed by atoms with Gasteiger partial charge in [0.1, 0.15) is 4.60 Å². The minimum absolute atomic E-state index is 0.226. The summed E-state index contributed by atoms with van der Waals surface area (Å²) in [5.74, 6) is 0. The summed E-state index contributed by atoms with van der Waals surface area (Å²) in [5.41, 5.74) is 6.00. The van der Waals surface area contributed by atoms with Crippen LogP contribution in [-0.2, 0) is 0 Å². The van der Waals surface area contributed by atoms with E-state index < -0.39 is 6.10 Å². The first kappa shape index (κ1) is 8.64. The van der Waals surface area contributed by atoms with Gasteiger partial charge in [0, 0.05) is 18.3 Å². The van der Waals surface area contributed by atoms with Crippen molar-refractivity contribution in [2.24, 2.45) is 5.73 Å². The zero-order chi connectivity index (χ0) is 8.27. The van der Waals surface area contributed by atoms with Gasteiger partial charge in [-0.3, -0.25) is 0 Å². The summed E-state index contributed by atoms with van der Waals surface area (Å²) in [7, 11) is 0. The number of nitrogens with zero attached hydrogens (tertiary/aromatic N) is 1. The topological polar surface area (TPSA) is 59.1 Å². The minimum Gasteiger partial charge on any atom is -0.387 e. The zero-order valence-electron chi connectivity index (χ0n) is 5.87. The number of hydrogen-bond acceptors (Lipinski definition) is 3. The van der Waals surface area contributed by atoms with Gasteiger partial charge in [0.25, 0.3) is 0 Å². The summed E-state index contributed by atoms with van der Waals surface area (Å²) in [6.45, 7) is 0.226. The summed E-state index contributed by atoms with van der Waals surface area (Å²) >= 11 is 3.19. The average Bonchev–Trinajstić information content (AvgIpc) is 2.05. The number of nitrogens with two attached hydrogens (primary N) is 1. The third-order valence-electron chi connectivity index (χ3n) is 1.36. The van der Waals surface area contributed by atoms with Crippen molar-refractivity contribution < 1.29 is 5.11 Å². The van der Waals surface area contributed by atoms with Crippen LogP contribution in [0.25, 0.3) is 0 Å². The molecule has 0 aliphatic carbocycles. The van der Waals surface area contributed by atoms with Crippen molar-refractivity contribution in [3.63, 3.8) is 0 Å². The molecule has 4 heteroatoms. The molecule has 0 saturated carbocycles. The summed E-state index contributed by atoms with van der Waals surface area (Å²) in [6.07, 6.45) is 0.998. The Labute approximate surface area is 73.4 Å². The molecule has 11 heavy (non-hydrogen) atoms. The predicted molar refractivity (Wildman–Crippen MR) is 46.0 cm³/mol. The average molecular weight is 217 g/mol. The van der Waals surface area contributed by atoms with Gasteiger partial charge in [-0.2, -0.15) is 0 Å². The molecule has 0 saturated heterocycles. The molecular weight excluding hydrogens is 208 g/mol. The van der Waals surface area contributed by atoms with Crippen LogP contribution in [0.3, 0.4) is 0 Å². The Morgan fingerprint density at radius 1 is 1.64 bits per heavy atom. The van der Waals surface area contributed by atoms with Crippen molar-refractivity contribution in [1.29, 1.82) is 0 Å². The Hall–Kier alpha value is -0.450. The van der Waals surface area contributed by atoms with E-state index in [2.05, 4.69) is 20.9 Å². The normalized spacial score (nSPS) is 13.0. The quantitative estimate of drug-likeness (QED) is 0.721. The summed E-state index contributed by atoms with van der Waals surface area (Å²) < 4.78 is 0.755. The van der Waals surface area contributed by atoms with Crippen LogP contribution in [0.1, 0.15) is 11.7 Å². The number of aromatic nitrogens is 1. The molecule has 3 N–H and O–H groups in total. The Bertz CT molecular complexity index is 224. The lowest BCUT2D eigenvalue weighted by Crippen LogP contribution is -2.11. The highest BCUT2D eigenvalue weighted by Crippen LogP contribution is 2.12. The molecule has 0 radical (unpaired) electrons. The number of aliphatic hydroxyl groups is 1. The van der Waals surface area contributed by atoms with E-state index in [0.717, 1.165) is 10.2 Å². The van der Waals surface area contributed by atoms with Crippen LogP contribution in [0.5, 0.6) is 0 Å². The lowest BCUT2D eigenvalue weighted by atomic mass is 10.2. The smallest absolute Gasteiger partial charge is 0.106 e. The molecule has 1 unspecified atom stereocenters. The van der Waals surface area contributed by atoms with E-state index in [1.165, 1.54) is 0 Å². The Morgan fingerprint density at radius 2 is 2.36 bits per heavy atom. The third-order valence-corrected chi connectivity index (χ3v) is 1.83. The fourth-order valence-corrected chi connectivity index (χ4v) is 0.955. The molecule has 3 nitrogen and oxygen atoms in total. The van der Waals surface area contributed by atoms with Crippen molar-refractivity contribution in [2.75, 3.05) is 6.54 Å². The van der Waals surface area contributed by atoms with Gasteiger partial charge < -0.3 is 10.8 Å². The van der Waals surface area contributed by atoms with Gasteiger partial charge in [0.15, 0.2) is 0 Å². The number of aliphatic hydroxyl groups excluding tert-OH is 1. The van der Waals surface area contributed by atoms with Crippen LogP contribution in [-0.4, -0.2) is 16.6 Å². The lowest BCUT2D eigenvalue weighted by Gasteiger charge is -2.05. The molecule has 0 fully saturated rings. The van der Waals surface area contributed by atoms with Crippen LogP contribution in [0, 0.1) is 0 Å². The summed E-state index contributed by atoms with van der Waals surface area (Å²) in [4.78, 5) is 3.95. The van der Waals surface area contributed by atoms with Gasteiger partial charge in [-0.15, -0.1) is 0 Å². The maximum absolute atomic E-state index is 9.24. The molecule has 0 amide bonds. The number of rotatable bonds is 2. The lowest BCUT2D eigenvalue weighted by molar-refractivity contribution is 0.186. The van der Waals surface area contributed by atoms with E-state index in [4.69, 9.17) is 5.73 Å². The van der Waals surface area contributed by atoms with E-state index in [1.54, 1.807) is 18.3 Å². The molecule has 0 aliphatic rings. The van der Waals surface area contributed by atoms with Crippen LogP contribution < -0.4 is 5.73 Å². The number of pyridine rings is 1. The van der Waals surface area contributed by atoms with Crippen molar-refractivity contribution in [2.45, 2.75) is 6.10 Å². The fourth-order valence-electron chi connectivity index (χ4n) is 0.720. The Morgan fingerprint density at radius 3 is 2.82 bits per heavy atom. The zero-order valence-corrected chi connectivity index (χ0v) is 7.45. The first-order valence-electron chi connectivity index (χ1n) is 3.23. The molecule has 1 aromatic heterocycles. The second kappa shape index (κ2) is 3.80. The van der Waals surface area contributed by atoms with Crippen LogP contribution >= 0.6 is 15.9 Å². The summed E-state index contributed by atoms with van der Waals surface area (Å²) in [5, 5.41) is 9.24. The SMILES string of the molecule is NCC(O)c1ccc(Br)nc1. The first-order valence-corrected chi connectivity index (χ1v) is 4.03. The minimum atomic E-state index is -0.601. The van der Waals surface area contributed by atoms with E-state index in [0.29, 0.717) is 0 Å². The van der Waals surface area contributed by atoms with Crippen LogP contribution in [0.15, 0.2) is 22.9 Å². The molecule has 1 heterocycles. The van der Waals surface area contributed by atoms with E-state index in [9.17, 15) is 5.11 Å². The van der Waals surface area contributed by atoms with Gasteiger partial charge in [-0.1, -0.05) is 6.07 Å². The standard InChI is InChI=1S/C7H9BrN2O/c8-7-2-1-5(4-10-7)6(11)3-9/h1-2,4,6,11H,3,9H2. The fraction of sp³-hybridized carbons (Fsp3) is 0.286. The van der Waals surface area contributed by atoms with Gasteiger partial charge in [0.05, 0.1) is 6.10 Å². The van der Waals surface area contributed by atoms with Crippen LogP contribution in [0.4, 0.5) is 0 Å². The first-order chi connectivity index (χ1) is 5.24. The highest BCUT2D eigenvalue weighted by Gasteiger charge is 2.03. The van der Waals surface area contributed by atoms with Crippen molar-refractivity contribution in [3.8, 4) is 0 Å². The second-order valence-electron chi connectivity index (χ2n) is 2.17. The van der Waals surface area contributed by atoms with E-state index in [1.807, 2.05) is 0 Å².